The molecule has 2 amide bonds. The van der Waals surface area contributed by atoms with Gasteiger partial charge in [-0.15, -0.1) is 0 Å². The number of carbonyl (C=O) groups is 2. The van der Waals surface area contributed by atoms with E-state index in [-0.39, 0.29) is 5.91 Å². The minimum absolute atomic E-state index is 0.235. The maximum atomic E-state index is 12.2. The molecule has 0 heterocycles. The number of allylic oxidation sites excluding steroid dienone is 1. The third-order valence-corrected chi connectivity index (χ3v) is 4.08. The first-order valence-electron chi connectivity index (χ1n) is 8.37. The second kappa shape index (κ2) is 7.91. The molecule has 0 aliphatic heterocycles. The molecule has 1 aliphatic rings. The number of hydrogen-bond donors (Lipinski definition) is 2. The van der Waals surface area contributed by atoms with E-state index in [9.17, 15) is 14.9 Å². The summed E-state index contributed by atoms with van der Waals surface area (Å²) in [7, 11) is -1.96. The Morgan fingerprint density at radius 2 is 1.88 bits per heavy atom. The van der Waals surface area contributed by atoms with Crippen LogP contribution in [0.3, 0.4) is 0 Å². The minimum atomic E-state index is -1.96. The van der Waals surface area contributed by atoms with Gasteiger partial charge in [0.25, 0.3) is 0 Å². The van der Waals surface area contributed by atoms with Crippen LogP contribution < -0.4 is 10.6 Å². The Morgan fingerprint density at radius 1 is 1.28 bits per heavy atom. The third-order valence-electron chi connectivity index (χ3n) is 3.23. The first-order valence-corrected chi connectivity index (χ1v) is 11.8. The van der Waals surface area contributed by atoms with Gasteiger partial charge in [0.05, 0.1) is 18.0 Å². The van der Waals surface area contributed by atoms with E-state index < -0.39 is 38.0 Å². The van der Waals surface area contributed by atoms with Crippen molar-refractivity contribution >= 4 is 20.3 Å². The first kappa shape index (κ1) is 21.0. The van der Waals surface area contributed by atoms with E-state index in [4.69, 9.17) is 9.16 Å². The number of nitrogens with zero attached hydrogens (tertiary/aromatic N) is 1. The van der Waals surface area contributed by atoms with E-state index in [1.807, 2.05) is 19.6 Å². The van der Waals surface area contributed by atoms with Crippen molar-refractivity contribution in [2.24, 2.45) is 5.92 Å². The molecule has 0 aromatic carbocycles. The molecule has 25 heavy (non-hydrogen) atoms. The molecule has 7 nitrogen and oxygen atoms in total. The zero-order valence-electron chi connectivity index (χ0n) is 16.1. The van der Waals surface area contributed by atoms with E-state index in [1.54, 1.807) is 26.8 Å². The molecule has 0 fully saturated rings. The molecule has 0 aromatic rings. The van der Waals surface area contributed by atoms with Crippen molar-refractivity contribution < 1.29 is 18.8 Å². The first-order chi connectivity index (χ1) is 11.3. The molecule has 1 aliphatic carbocycles. The predicted octanol–water partition coefficient (Wildman–Crippen LogP) is 2.66. The van der Waals surface area contributed by atoms with Crippen LogP contribution in [0.25, 0.3) is 0 Å². The van der Waals surface area contributed by atoms with Crippen molar-refractivity contribution in [1.82, 2.24) is 10.6 Å². The Labute approximate surface area is 150 Å². The molecule has 0 saturated heterocycles. The highest BCUT2D eigenvalue weighted by Gasteiger charge is 2.37. The van der Waals surface area contributed by atoms with Crippen LogP contribution in [0, 0.1) is 17.2 Å². The molecule has 3 atom stereocenters. The van der Waals surface area contributed by atoms with Crippen LogP contribution in [0.5, 0.6) is 0 Å². The van der Waals surface area contributed by atoms with Crippen molar-refractivity contribution in [2.45, 2.75) is 71.4 Å². The van der Waals surface area contributed by atoms with Gasteiger partial charge < -0.3 is 19.8 Å². The Hall–Kier alpha value is -2.01. The van der Waals surface area contributed by atoms with Gasteiger partial charge in [0.1, 0.15) is 17.4 Å². The van der Waals surface area contributed by atoms with Crippen LogP contribution in [0.15, 0.2) is 11.8 Å². The van der Waals surface area contributed by atoms with Crippen LogP contribution in [0.1, 0.15) is 34.1 Å². The van der Waals surface area contributed by atoms with E-state index >= 15 is 0 Å². The molecule has 0 spiro atoms. The number of alkyl carbamates (subject to hydrolysis) is 1. The largest absolute Gasteiger partial charge is 0.546 e. The van der Waals surface area contributed by atoms with Crippen molar-refractivity contribution in [3.63, 3.8) is 0 Å². The normalized spacial score (nSPS) is 23.8. The molecular weight excluding hydrogens is 338 g/mol. The number of ether oxygens (including phenoxy) is 1. The third kappa shape index (κ3) is 7.60. The number of hydrogen-bond acceptors (Lipinski definition) is 5. The van der Waals surface area contributed by atoms with Gasteiger partial charge in [0.15, 0.2) is 0 Å². The highest BCUT2D eigenvalue weighted by atomic mass is 28.4. The molecule has 8 heteroatoms. The lowest BCUT2D eigenvalue weighted by atomic mass is 9.87. The summed E-state index contributed by atoms with van der Waals surface area (Å²) in [5.74, 6) is -0.106. The molecule has 2 N–H and O–H groups in total. The molecule has 0 bridgehead atoms. The van der Waals surface area contributed by atoms with Crippen molar-refractivity contribution in [1.29, 1.82) is 5.26 Å². The monoisotopic (exact) mass is 367 g/mol. The Kier molecular flexibility index (Phi) is 6.66. The second-order valence-electron chi connectivity index (χ2n) is 8.19. The standard InChI is InChI=1S/C17H29N3O4Si/c1-11(21)19-15-13(20-16(22)23-17(2,3)4)8-12(10-18)9-14(15)24-25(5,6)7/h9,12-13,15H,8H2,1-7H3,(H,19,21)(H,20,22)/t12?,13-,15+/m0/s1. The quantitative estimate of drug-likeness (QED) is 0.744. The predicted molar refractivity (Wildman–Crippen MR) is 97.0 cm³/mol. The summed E-state index contributed by atoms with van der Waals surface area (Å²) in [4.78, 5) is 23.8. The molecule has 140 valence electrons. The van der Waals surface area contributed by atoms with Crippen LogP contribution in [0.2, 0.25) is 19.6 Å². The SMILES string of the molecule is CC(=O)N[C@H]1C(O[Si](C)(C)C)=CC(C#N)C[C@@H]1NC(=O)OC(C)(C)C. The molecule has 0 saturated carbocycles. The number of amides is 2. The number of carbonyl (C=O) groups excluding carboxylic acids is 2. The average Bonchev–Trinajstić information content (AvgIpc) is 2.37. The van der Waals surface area contributed by atoms with Crippen molar-refractivity contribution in [2.75, 3.05) is 0 Å². The summed E-state index contributed by atoms with van der Waals surface area (Å²) < 4.78 is 11.4. The fourth-order valence-corrected chi connectivity index (χ4v) is 3.41. The molecule has 1 rings (SSSR count). The Bertz CT molecular complexity index is 584. The highest BCUT2D eigenvalue weighted by molar-refractivity contribution is 6.70. The summed E-state index contributed by atoms with van der Waals surface area (Å²) in [6.45, 7) is 12.8. The Balaban J connectivity index is 3.08. The van der Waals surface area contributed by atoms with Crippen LogP contribution >= 0.6 is 0 Å². The zero-order valence-corrected chi connectivity index (χ0v) is 17.1. The smallest absolute Gasteiger partial charge is 0.407 e. The minimum Gasteiger partial charge on any atom is -0.546 e. The van der Waals surface area contributed by atoms with E-state index in [1.165, 1.54) is 6.92 Å². The second-order valence-corrected chi connectivity index (χ2v) is 12.6. The van der Waals surface area contributed by atoms with Crippen LogP contribution in [0.4, 0.5) is 4.79 Å². The van der Waals surface area contributed by atoms with Crippen LogP contribution in [-0.4, -0.2) is 38.0 Å². The van der Waals surface area contributed by atoms with E-state index in [2.05, 4.69) is 16.7 Å². The average molecular weight is 368 g/mol. The van der Waals surface area contributed by atoms with E-state index in [0.29, 0.717) is 12.2 Å². The van der Waals surface area contributed by atoms with Gasteiger partial charge >= 0.3 is 6.09 Å². The fourth-order valence-electron chi connectivity index (χ4n) is 2.51. The van der Waals surface area contributed by atoms with Gasteiger partial charge in [0, 0.05) is 6.92 Å². The molecule has 0 radical (unpaired) electrons. The van der Waals surface area contributed by atoms with Gasteiger partial charge in [-0.1, -0.05) is 0 Å². The van der Waals surface area contributed by atoms with E-state index in [0.717, 1.165) is 0 Å². The highest BCUT2D eigenvalue weighted by Crippen LogP contribution is 2.27. The van der Waals surface area contributed by atoms with Gasteiger partial charge in [-0.25, -0.2) is 4.79 Å². The van der Waals surface area contributed by atoms with Crippen LogP contribution in [-0.2, 0) is 14.0 Å². The lowest BCUT2D eigenvalue weighted by Gasteiger charge is -2.37. The zero-order chi connectivity index (χ0) is 19.4. The van der Waals surface area contributed by atoms with Crippen molar-refractivity contribution in [3.8, 4) is 6.07 Å². The number of rotatable bonds is 4. The maximum Gasteiger partial charge on any atom is 0.407 e. The lowest BCUT2D eigenvalue weighted by molar-refractivity contribution is -0.119. The topological polar surface area (TPSA) is 100 Å². The number of nitrogens with one attached hydrogen (secondary N) is 2. The molecule has 0 aromatic heterocycles. The summed E-state index contributed by atoms with van der Waals surface area (Å²) in [6.07, 6.45) is 1.53. The van der Waals surface area contributed by atoms with Gasteiger partial charge in [-0.3, -0.25) is 4.79 Å². The molecule has 1 unspecified atom stereocenters. The summed E-state index contributed by atoms with van der Waals surface area (Å²) in [5.41, 5.74) is -0.635. The lowest BCUT2D eigenvalue weighted by Crippen LogP contribution is -2.56. The Morgan fingerprint density at radius 3 is 2.32 bits per heavy atom. The van der Waals surface area contributed by atoms with Gasteiger partial charge in [-0.05, 0) is 52.9 Å². The number of nitriles is 1. The summed E-state index contributed by atoms with van der Waals surface area (Å²) in [6, 6.07) is 1.19. The summed E-state index contributed by atoms with van der Waals surface area (Å²) in [5, 5.41) is 14.9. The molecular formula is C17H29N3O4Si. The van der Waals surface area contributed by atoms with Gasteiger partial charge in [0.2, 0.25) is 14.2 Å². The maximum absolute atomic E-state index is 12.2. The fraction of sp³-hybridized carbons (Fsp3) is 0.706. The van der Waals surface area contributed by atoms with Crippen molar-refractivity contribution in [3.05, 3.63) is 11.8 Å². The van der Waals surface area contributed by atoms with Gasteiger partial charge in [-0.2, -0.15) is 5.26 Å². The summed E-state index contributed by atoms with van der Waals surface area (Å²) >= 11 is 0.